The Morgan fingerprint density at radius 1 is 0.854 bits per heavy atom. The Kier molecular flexibility index (Phi) is 11.6. The van der Waals surface area contributed by atoms with Gasteiger partial charge in [0.15, 0.2) is 0 Å². The topological polar surface area (TPSA) is 86.8 Å². The highest BCUT2D eigenvalue weighted by molar-refractivity contribution is 7.92. The van der Waals surface area contributed by atoms with Crippen molar-refractivity contribution >= 4 is 27.5 Å². The van der Waals surface area contributed by atoms with Gasteiger partial charge >= 0.3 is 6.18 Å². The molecular weight excluding hydrogens is 646 g/mol. The predicted octanol–water partition coefficient (Wildman–Crippen LogP) is 6.76. The number of anilines is 1. The fourth-order valence-electron chi connectivity index (χ4n) is 4.99. The van der Waals surface area contributed by atoms with Crippen LogP contribution in [-0.4, -0.2) is 44.3 Å². The van der Waals surface area contributed by atoms with Crippen LogP contribution in [0.4, 0.5) is 23.2 Å². The van der Waals surface area contributed by atoms with E-state index in [0.717, 1.165) is 28.7 Å². The van der Waals surface area contributed by atoms with E-state index < -0.39 is 64.2 Å². The summed E-state index contributed by atoms with van der Waals surface area (Å²) in [5, 5.41) is 2.83. The number of aryl methyl sites for hydroxylation is 1. The van der Waals surface area contributed by atoms with E-state index >= 15 is 4.39 Å². The minimum absolute atomic E-state index is 0.000762. The van der Waals surface area contributed by atoms with Crippen molar-refractivity contribution in [3.8, 4) is 0 Å². The van der Waals surface area contributed by atoms with Gasteiger partial charge in [0.25, 0.3) is 10.0 Å². The molecular formula is C36H37F4N3O4S. The quantitative estimate of drug-likeness (QED) is 0.158. The lowest BCUT2D eigenvalue weighted by Gasteiger charge is -2.34. The molecule has 0 heterocycles. The van der Waals surface area contributed by atoms with Crippen LogP contribution in [0.1, 0.15) is 36.1 Å². The smallest absolute Gasteiger partial charge is 0.354 e. The van der Waals surface area contributed by atoms with Crippen LogP contribution in [-0.2, 0) is 38.8 Å². The number of carbonyl (C=O) groups is 2. The first kappa shape index (κ1) is 36.1. The largest absolute Gasteiger partial charge is 0.416 e. The summed E-state index contributed by atoms with van der Waals surface area (Å²) in [6.45, 7) is 4.38. The molecule has 0 aromatic heterocycles. The maximum atomic E-state index is 15.0. The number of rotatable bonds is 13. The zero-order valence-electron chi connectivity index (χ0n) is 26.7. The lowest BCUT2D eigenvalue weighted by Crippen LogP contribution is -2.53. The standard InChI is InChI=1S/C36H37F4N3O4S/c1-25(2)22-41-35(45)33(20-27-10-5-4-6-11-27)42(23-28-12-7-8-15-32(28)37)34(44)24-43(30-14-9-13-29(21-30)36(38,39)40)48(46,47)31-18-16-26(3)17-19-31/h4-19,21,25,33H,20,22-24H2,1-3H3,(H,41,45)/t33-/m0/s1. The van der Waals surface area contributed by atoms with Crippen molar-refractivity contribution in [3.63, 3.8) is 0 Å². The Hall–Kier alpha value is -4.71. The van der Waals surface area contributed by atoms with Gasteiger partial charge in [0.2, 0.25) is 11.8 Å². The van der Waals surface area contributed by atoms with E-state index in [-0.39, 0.29) is 29.3 Å². The second-order valence-electron chi connectivity index (χ2n) is 11.8. The minimum atomic E-state index is -4.80. The minimum Gasteiger partial charge on any atom is -0.354 e. The van der Waals surface area contributed by atoms with Crippen LogP contribution in [0.15, 0.2) is 108 Å². The summed E-state index contributed by atoms with van der Waals surface area (Å²) in [6.07, 6.45) is -4.80. The molecule has 0 radical (unpaired) electrons. The molecule has 7 nitrogen and oxygen atoms in total. The molecule has 0 unspecified atom stereocenters. The number of hydrogen-bond acceptors (Lipinski definition) is 4. The molecule has 0 spiro atoms. The first-order valence-corrected chi connectivity index (χ1v) is 16.7. The van der Waals surface area contributed by atoms with Gasteiger partial charge in [-0.05, 0) is 54.8 Å². The number of sulfonamides is 1. The summed E-state index contributed by atoms with van der Waals surface area (Å²) < 4.78 is 85.1. The highest BCUT2D eigenvalue weighted by Crippen LogP contribution is 2.33. The second-order valence-corrected chi connectivity index (χ2v) is 13.7. The molecule has 1 N–H and O–H groups in total. The number of benzene rings is 4. The first-order valence-electron chi connectivity index (χ1n) is 15.3. The highest BCUT2D eigenvalue weighted by Gasteiger charge is 2.36. The SMILES string of the molecule is Cc1ccc(S(=O)(=O)N(CC(=O)N(Cc2ccccc2F)[C@@H](Cc2ccccc2)C(=O)NCC(C)C)c2cccc(C(F)(F)F)c2)cc1. The molecule has 0 saturated carbocycles. The summed E-state index contributed by atoms with van der Waals surface area (Å²) in [6, 6.07) is 22.5. The predicted molar refractivity (Wildman–Crippen MR) is 176 cm³/mol. The Morgan fingerprint density at radius 3 is 2.12 bits per heavy atom. The van der Waals surface area contributed by atoms with E-state index in [1.165, 1.54) is 42.5 Å². The summed E-state index contributed by atoms with van der Waals surface area (Å²) in [4.78, 5) is 29.0. The van der Waals surface area contributed by atoms with E-state index in [2.05, 4.69) is 5.32 Å². The third kappa shape index (κ3) is 9.21. The zero-order valence-corrected chi connectivity index (χ0v) is 27.6. The van der Waals surface area contributed by atoms with E-state index in [4.69, 9.17) is 0 Å². The molecule has 0 saturated heterocycles. The maximum Gasteiger partial charge on any atom is 0.416 e. The monoisotopic (exact) mass is 683 g/mol. The normalized spacial score (nSPS) is 12.4. The molecule has 4 rings (SSSR count). The molecule has 0 aliphatic carbocycles. The molecule has 4 aromatic carbocycles. The van der Waals surface area contributed by atoms with Gasteiger partial charge in [-0.1, -0.05) is 86.1 Å². The third-order valence-corrected chi connectivity index (χ3v) is 9.39. The number of nitrogens with zero attached hydrogens (tertiary/aromatic N) is 2. The third-order valence-electron chi connectivity index (χ3n) is 7.60. The summed E-state index contributed by atoms with van der Waals surface area (Å²) >= 11 is 0. The van der Waals surface area contributed by atoms with E-state index in [1.807, 2.05) is 13.8 Å². The number of nitrogens with one attached hydrogen (secondary N) is 1. The number of halogens is 4. The molecule has 12 heteroatoms. The van der Waals surface area contributed by atoms with Crippen molar-refractivity contribution in [2.75, 3.05) is 17.4 Å². The zero-order chi connectivity index (χ0) is 35.1. The molecule has 2 amide bonds. The first-order chi connectivity index (χ1) is 22.7. The van der Waals surface area contributed by atoms with E-state index in [1.54, 1.807) is 43.3 Å². The van der Waals surface area contributed by atoms with Gasteiger partial charge in [-0.25, -0.2) is 12.8 Å². The van der Waals surface area contributed by atoms with Crippen molar-refractivity contribution < 1.29 is 35.6 Å². The van der Waals surface area contributed by atoms with Crippen LogP contribution in [0, 0.1) is 18.7 Å². The Bertz CT molecular complexity index is 1820. The lowest BCUT2D eigenvalue weighted by molar-refractivity contribution is -0.140. The van der Waals surface area contributed by atoms with Crippen LogP contribution < -0.4 is 9.62 Å². The number of alkyl halides is 3. The van der Waals surface area contributed by atoms with Gasteiger partial charge in [0, 0.05) is 25.1 Å². The van der Waals surface area contributed by atoms with Crippen LogP contribution in [0.5, 0.6) is 0 Å². The lowest BCUT2D eigenvalue weighted by atomic mass is 10.0. The molecule has 0 fully saturated rings. The van der Waals surface area contributed by atoms with Gasteiger partial charge in [0.1, 0.15) is 18.4 Å². The van der Waals surface area contributed by atoms with Gasteiger partial charge in [-0.3, -0.25) is 13.9 Å². The molecule has 4 aromatic rings. The average molecular weight is 684 g/mol. The van der Waals surface area contributed by atoms with Crippen LogP contribution in [0.2, 0.25) is 0 Å². The Labute approximate surface area is 278 Å². The number of carbonyl (C=O) groups excluding carboxylic acids is 2. The van der Waals surface area contributed by atoms with Gasteiger partial charge < -0.3 is 10.2 Å². The van der Waals surface area contributed by atoms with Crippen molar-refractivity contribution in [1.29, 1.82) is 0 Å². The summed E-state index contributed by atoms with van der Waals surface area (Å²) in [7, 11) is -4.63. The van der Waals surface area contributed by atoms with Gasteiger partial charge in [-0.2, -0.15) is 13.2 Å². The average Bonchev–Trinajstić information content (AvgIpc) is 3.05. The second kappa shape index (κ2) is 15.5. The van der Waals surface area contributed by atoms with Crippen molar-refractivity contribution in [2.24, 2.45) is 5.92 Å². The van der Waals surface area contributed by atoms with E-state index in [0.29, 0.717) is 15.9 Å². The molecule has 254 valence electrons. The van der Waals surface area contributed by atoms with Crippen molar-refractivity contribution in [3.05, 3.63) is 131 Å². The summed E-state index contributed by atoms with van der Waals surface area (Å²) in [5.74, 6) is -2.08. The number of hydrogen-bond donors (Lipinski definition) is 1. The molecule has 0 aliphatic rings. The Balaban J connectivity index is 1.85. The maximum absolute atomic E-state index is 15.0. The summed E-state index contributed by atoms with van der Waals surface area (Å²) in [5.41, 5.74) is -0.0470. The Morgan fingerprint density at radius 2 is 1.50 bits per heavy atom. The van der Waals surface area contributed by atoms with Crippen LogP contribution >= 0.6 is 0 Å². The van der Waals surface area contributed by atoms with Gasteiger partial charge in [0.05, 0.1) is 16.1 Å². The van der Waals surface area contributed by atoms with Crippen LogP contribution in [0.3, 0.4) is 0 Å². The fourth-order valence-corrected chi connectivity index (χ4v) is 6.40. The molecule has 0 aliphatic heterocycles. The molecule has 0 bridgehead atoms. The van der Waals surface area contributed by atoms with Crippen molar-refractivity contribution in [2.45, 2.75) is 50.9 Å². The van der Waals surface area contributed by atoms with E-state index in [9.17, 15) is 31.2 Å². The van der Waals surface area contributed by atoms with Crippen molar-refractivity contribution in [1.82, 2.24) is 10.2 Å². The number of amides is 2. The highest BCUT2D eigenvalue weighted by atomic mass is 32.2. The fraction of sp³-hybridized carbons (Fsp3) is 0.278. The molecule has 1 atom stereocenters. The molecule has 48 heavy (non-hydrogen) atoms. The van der Waals surface area contributed by atoms with Crippen LogP contribution in [0.25, 0.3) is 0 Å². The van der Waals surface area contributed by atoms with Gasteiger partial charge in [-0.15, -0.1) is 0 Å².